The maximum absolute atomic E-state index is 6.04. The molecule has 57 heavy (non-hydrogen) atoms. The second-order valence-corrected chi connectivity index (χ2v) is 17.5. The molecule has 6 aromatic rings. The predicted octanol–water partition coefficient (Wildman–Crippen LogP) is 9.18. The van der Waals surface area contributed by atoms with Crippen molar-refractivity contribution in [1.82, 2.24) is 29.8 Å². The number of nitrogens with one attached hydrogen (secondary N) is 2. The Kier molecular flexibility index (Phi) is 9.76. The lowest BCUT2D eigenvalue weighted by molar-refractivity contribution is 0.286. The lowest BCUT2D eigenvalue weighted by atomic mass is 9.93. The molecule has 284 valence electrons. The van der Waals surface area contributed by atoms with Crippen LogP contribution in [0.2, 0.25) is 0 Å². The zero-order valence-electron chi connectivity index (χ0n) is 32.0. The number of nitrogens with zero attached hydrogens (tertiary/aromatic N) is 6. The van der Waals surface area contributed by atoms with E-state index in [0.717, 1.165) is 51.2 Å². The van der Waals surface area contributed by atoms with Crippen molar-refractivity contribution in [3.8, 4) is 0 Å². The summed E-state index contributed by atoms with van der Waals surface area (Å²) in [5.74, 6) is 1.99. The van der Waals surface area contributed by atoms with Crippen LogP contribution in [0.15, 0.2) is 192 Å². The molecule has 0 amide bonds. The molecule has 4 aliphatic rings. The first-order valence-electron chi connectivity index (χ1n) is 20.2. The zero-order valence-corrected chi connectivity index (χ0v) is 32.9. The summed E-state index contributed by atoms with van der Waals surface area (Å²) in [5, 5.41) is 8.64. The van der Waals surface area contributed by atoms with Crippen molar-refractivity contribution in [2.75, 3.05) is 26.2 Å². The Morgan fingerprint density at radius 2 is 0.719 bits per heavy atom. The smallest absolute Gasteiger partial charge is 0.334 e. The summed E-state index contributed by atoms with van der Waals surface area (Å²) in [6, 6.07) is 65.3. The largest absolute Gasteiger partial charge is 0.404 e. The van der Waals surface area contributed by atoms with Crippen LogP contribution in [0.1, 0.15) is 57.5 Å². The molecule has 1 spiro atoms. The van der Waals surface area contributed by atoms with Gasteiger partial charge in [0, 0.05) is 39.3 Å². The van der Waals surface area contributed by atoms with E-state index in [1.807, 2.05) is 0 Å². The Balaban J connectivity index is 1.21. The summed E-state index contributed by atoms with van der Waals surface area (Å²) in [7, 11) is -3.04. The van der Waals surface area contributed by atoms with Crippen LogP contribution in [0.25, 0.3) is 0 Å². The zero-order chi connectivity index (χ0) is 38.0. The number of hydrogen-bond donors (Lipinski definition) is 2. The average molecular weight is 768 g/mol. The van der Waals surface area contributed by atoms with Crippen molar-refractivity contribution in [3.63, 3.8) is 0 Å². The fourth-order valence-corrected chi connectivity index (χ4v) is 11.8. The van der Waals surface area contributed by atoms with Gasteiger partial charge in [0.25, 0.3) is 0 Å². The normalized spacial score (nSPS) is 22.7. The highest BCUT2D eigenvalue weighted by Crippen LogP contribution is 2.64. The summed E-state index contributed by atoms with van der Waals surface area (Å²) in [6.07, 6.45) is 0. The van der Waals surface area contributed by atoms with E-state index in [9.17, 15) is 0 Å². The molecule has 2 N–H and O–H groups in total. The molecule has 8 nitrogen and oxygen atoms in total. The van der Waals surface area contributed by atoms with Crippen LogP contribution >= 0.6 is 7.87 Å². The van der Waals surface area contributed by atoms with E-state index < -0.39 is 7.87 Å². The highest BCUT2D eigenvalue weighted by Gasteiger charge is 2.58. The van der Waals surface area contributed by atoms with Crippen LogP contribution < -0.4 is 10.2 Å². The van der Waals surface area contributed by atoms with Crippen LogP contribution in [0.5, 0.6) is 0 Å². The Morgan fingerprint density at radius 1 is 0.404 bits per heavy atom. The van der Waals surface area contributed by atoms with Gasteiger partial charge in [-0.2, -0.15) is 0 Å². The molecule has 0 radical (unpaired) electrons. The number of rotatable bonds is 8. The van der Waals surface area contributed by atoms with Gasteiger partial charge in [0.1, 0.15) is 0 Å². The molecule has 0 bridgehead atoms. The van der Waals surface area contributed by atoms with E-state index in [2.05, 4.69) is 212 Å². The second-order valence-electron chi connectivity index (χ2n) is 15.3. The quantitative estimate of drug-likeness (QED) is 0.151. The Morgan fingerprint density at radius 3 is 1.07 bits per heavy atom. The molecule has 0 aliphatic carbocycles. The van der Waals surface area contributed by atoms with Crippen molar-refractivity contribution in [3.05, 3.63) is 215 Å². The first-order valence-corrected chi connectivity index (χ1v) is 21.9. The molecule has 10 rings (SSSR count). The Labute approximate surface area is 336 Å². The molecule has 0 saturated carbocycles. The molecular formula is C48H48N8P+. The minimum atomic E-state index is -3.04. The van der Waals surface area contributed by atoms with Gasteiger partial charge in [0.05, 0.1) is 24.2 Å². The van der Waals surface area contributed by atoms with Gasteiger partial charge in [-0.15, -0.1) is 10.2 Å². The minimum Gasteiger partial charge on any atom is -0.334 e. The van der Waals surface area contributed by atoms with Crippen LogP contribution in [-0.2, 0) is 13.1 Å². The highest BCUT2D eigenvalue weighted by atomic mass is 31.2. The Hall–Kier alpha value is -5.79. The van der Waals surface area contributed by atoms with Crippen molar-refractivity contribution in [2.24, 2.45) is 9.53 Å². The SMILES string of the molecule is c1ccc(CN2CCN3C2=N[P+]2(N=C4N(Cc5ccccc5)CCN4[C@@H](c4ccccc4)[C@H](c4ccccc4)N2)N[C@@H](c2ccccc2)[C@@H]3c2ccccc2)cc1. The van der Waals surface area contributed by atoms with E-state index in [0.29, 0.717) is 0 Å². The molecule has 0 aromatic heterocycles. The molecule has 6 aromatic carbocycles. The first-order chi connectivity index (χ1) is 28.2. The van der Waals surface area contributed by atoms with Crippen molar-refractivity contribution in [2.45, 2.75) is 37.3 Å². The number of benzene rings is 6. The maximum atomic E-state index is 6.04. The van der Waals surface area contributed by atoms with Crippen molar-refractivity contribution >= 4 is 19.8 Å². The third-order valence-electron chi connectivity index (χ3n) is 11.7. The van der Waals surface area contributed by atoms with Crippen molar-refractivity contribution in [1.29, 1.82) is 0 Å². The molecule has 9 heteroatoms. The van der Waals surface area contributed by atoms with Gasteiger partial charge in [0.15, 0.2) is 0 Å². The van der Waals surface area contributed by atoms with Crippen LogP contribution in [-0.4, -0.2) is 57.7 Å². The fraction of sp³-hybridized carbons (Fsp3) is 0.208. The van der Waals surface area contributed by atoms with Crippen LogP contribution in [0.3, 0.4) is 0 Å². The lowest BCUT2D eigenvalue weighted by Crippen LogP contribution is -2.40. The van der Waals surface area contributed by atoms with Crippen LogP contribution in [0.4, 0.5) is 0 Å². The number of guanidine groups is 2. The molecule has 0 unspecified atom stereocenters. The molecule has 2 saturated heterocycles. The number of fused-ring (bicyclic) bond motifs is 2. The van der Waals surface area contributed by atoms with Gasteiger partial charge in [-0.25, -0.2) is 0 Å². The van der Waals surface area contributed by atoms with Gasteiger partial charge in [0.2, 0.25) is 11.9 Å². The van der Waals surface area contributed by atoms with Gasteiger partial charge in [-0.3, -0.25) is 0 Å². The van der Waals surface area contributed by atoms with Gasteiger partial charge in [-0.05, 0) is 42.9 Å². The molecule has 4 heterocycles. The molecule has 4 aliphatic heterocycles. The van der Waals surface area contributed by atoms with E-state index in [-0.39, 0.29) is 24.2 Å². The molecular weight excluding hydrogens is 720 g/mol. The Bertz CT molecular complexity index is 2150. The monoisotopic (exact) mass is 767 g/mol. The summed E-state index contributed by atoms with van der Waals surface area (Å²) in [6.45, 7) is 4.99. The topological polar surface area (TPSA) is 61.7 Å². The molecule has 4 atom stereocenters. The van der Waals surface area contributed by atoms with E-state index in [4.69, 9.17) is 9.53 Å². The third kappa shape index (κ3) is 7.10. The van der Waals surface area contributed by atoms with Crippen LogP contribution in [0, 0.1) is 0 Å². The average Bonchev–Trinajstić information content (AvgIpc) is 3.75. The lowest BCUT2D eigenvalue weighted by Gasteiger charge is -2.35. The molecule has 2 fully saturated rings. The number of hydrogen-bond acceptors (Lipinski definition) is 8. The summed E-state index contributed by atoms with van der Waals surface area (Å²) < 4.78 is 12.1. The van der Waals surface area contributed by atoms with Gasteiger partial charge >= 0.3 is 7.87 Å². The van der Waals surface area contributed by atoms with E-state index >= 15 is 0 Å². The van der Waals surface area contributed by atoms with E-state index in [1.165, 1.54) is 33.4 Å². The van der Waals surface area contributed by atoms with E-state index in [1.54, 1.807) is 0 Å². The minimum absolute atomic E-state index is 0.0297. The highest BCUT2D eigenvalue weighted by molar-refractivity contribution is 7.69. The second kappa shape index (κ2) is 15.6. The summed E-state index contributed by atoms with van der Waals surface area (Å²) >= 11 is 0. The predicted molar refractivity (Wildman–Crippen MR) is 232 cm³/mol. The summed E-state index contributed by atoms with van der Waals surface area (Å²) in [5.41, 5.74) is 7.48. The maximum Gasteiger partial charge on any atom is 0.404 e. The third-order valence-corrected chi connectivity index (χ3v) is 14.0. The van der Waals surface area contributed by atoms with Gasteiger partial charge in [-0.1, -0.05) is 182 Å². The first kappa shape index (κ1) is 35.6. The fourth-order valence-electron chi connectivity index (χ4n) is 9.10. The van der Waals surface area contributed by atoms with Crippen molar-refractivity contribution < 1.29 is 0 Å². The summed E-state index contributed by atoms with van der Waals surface area (Å²) in [4.78, 5) is 10.1. The standard InChI is InChI=1S/C48H48N8P/c1-7-19-37(20-8-1)35-53-31-33-55-45(41-27-15-5-16-28-41)43(39-23-11-3-12-24-39)49-57(51-47(53)55)50-44(40-25-13-4-14-26-40)46(42-29-17-6-18-30-42)56-34-32-54(48(56)52-57)36-38-21-9-2-10-22-38/h1-30,43-46,49-50H,31-36H2/q+1/t43-,44-,45-,46-,57?/m0/s1. The van der Waals surface area contributed by atoms with Gasteiger partial charge < -0.3 is 19.6 Å².